The van der Waals surface area contributed by atoms with Gasteiger partial charge < -0.3 is 15.3 Å². The van der Waals surface area contributed by atoms with Crippen LogP contribution in [-0.4, -0.2) is 58.0 Å². The molecule has 0 radical (unpaired) electrons. The molecular weight excluding hydrogens is 232 g/mol. The summed E-state index contributed by atoms with van der Waals surface area (Å²) in [4.78, 5) is 13.8. The number of likely N-dealkylation sites (N-methyl/N-ethyl adjacent to an activating group) is 1. The number of carbonyl (C=O) groups excluding carboxylic acids is 1. The second-order valence-electron chi connectivity index (χ2n) is 5.01. The van der Waals surface area contributed by atoms with Gasteiger partial charge in [-0.3, -0.25) is 9.48 Å². The highest BCUT2D eigenvalue weighted by atomic mass is 16.3. The van der Waals surface area contributed by atoms with Gasteiger partial charge in [0.2, 0.25) is 5.91 Å². The topological polar surface area (TPSA) is 70.4 Å². The molecule has 0 saturated carbocycles. The van der Waals surface area contributed by atoms with Crippen molar-refractivity contribution in [3.05, 3.63) is 18.5 Å². The van der Waals surface area contributed by atoms with Crippen LogP contribution >= 0.6 is 0 Å². The van der Waals surface area contributed by atoms with E-state index < -0.39 is 5.60 Å². The fourth-order valence-electron chi connectivity index (χ4n) is 2.33. The molecule has 0 aliphatic carbocycles. The highest BCUT2D eigenvalue weighted by Gasteiger charge is 2.34. The number of hydrogen-bond donors (Lipinski definition) is 2. The zero-order chi connectivity index (χ0) is 13.2. The molecule has 1 amide bonds. The van der Waals surface area contributed by atoms with Crippen molar-refractivity contribution < 1.29 is 9.90 Å². The predicted octanol–water partition coefficient (Wildman–Crippen LogP) is -0.373. The number of nitrogens with one attached hydrogen (secondary N) is 1. The quantitative estimate of drug-likeness (QED) is 0.767. The van der Waals surface area contributed by atoms with Gasteiger partial charge in [-0.25, -0.2) is 0 Å². The van der Waals surface area contributed by atoms with Crippen molar-refractivity contribution in [2.75, 3.05) is 26.7 Å². The van der Waals surface area contributed by atoms with Crippen molar-refractivity contribution in [1.82, 2.24) is 20.0 Å². The Morgan fingerprint density at radius 2 is 2.50 bits per heavy atom. The average Bonchev–Trinajstić information content (AvgIpc) is 2.98. The number of rotatable bonds is 4. The van der Waals surface area contributed by atoms with E-state index in [-0.39, 0.29) is 11.9 Å². The van der Waals surface area contributed by atoms with Crippen molar-refractivity contribution in [1.29, 1.82) is 0 Å². The van der Waals surface area contributed by atoms with Gasteiger partial charge in [0.05, 0.1) is 12.1 Å². The summed E-state index contributed by atoms with van der Waals surface area (Å²) in [5, 5.41) is 17.4. The Labute approximate surface area is 107 Å². The van der Waals surface area contributed by atoms with Crippen LogP contribution in [0.5, 0.6) is 0 Å². The maximum atomic E-state index is 12.2. The third-order valence-corrected chi connectivity index (χ3v) is 3.41. The monoisotopic (exact) mass is 252 g/mol. The molecule has 6 heteroatoms. The Balaban J connectivity index is 1.96. The average molecular weight is 252 g/mol. The van der Waals surface area contributed by atoms with E-state index in [1.165, 1.54) is 0 Å². The lowest BCUT2D eigenvalue weighted by molar-refractivity contribution is -0.136. The summed E-state index contributed by atoms with van der Waals surface area (Å²) in [6.07, 6.45) is 4.10. The molecule has 1 aromatic rings. The third kappa shape index (κ3) is 2.70. The van der Waals surface area contributed by atoms with Crippen molar-refractivity contribution in [3.63, 3.8) is 0 Å². The zero-order valence-corrected chi connectivity index (χ0v) is 10.8. The number of nitrogens with zero attached hydrogens (tertiary/aromatic N) is 3. The van der Waals surface area contributed by atoms with Gasteiger partial charge in [0.15, 0.2) is 0 Å². The molecule has 100 valence electrons. The van der Waals surface area contributed by atoms with Crippen molar-refractivity contribution in [2.45, 2.75) is 25.0 Å². The van der Waals surface area contributed by atoms with E-state index in [2.05, 4.69) is 10.4 Å². The smallest absolute Gasteiger partial charge is 0.246 e. The van der Waals surface area contributed by atoms with Gasteiger partial charge in [-0.15, -0.1) is 0 Å². The van der Waals surface area contributed by atoms with Crippen LogP contribution in [0.25, 0.3) is 0 Å². The Morgan fingerprint density at radius 3 is 3.06 bits per heavy atom. The van der Waals surface area contributed by atoms with Crippen LogP contribution in [0.3, 0.4) is 0 Å². The molecule has 1 aromatic heterocycles. The van der Waals surface area contributed by atoms with E-state index >= 15 is 0 Å². The van der Waals surface area contributed by atoms with E-state index in [0.717, 1.165) is 6.54 Å². The Bertz CT molecular complexity index is 398. The molecule has 2 heterocycles. The Morgan fingerprint density at radius 1 is 1.72 bits per heavy atom. The summed E-state index contributed by atoms with van der Waals surface area (Å²) in [7, 11) is 1.72. The first-order chi connectivity index (χ1) is 8.52. The normalized spacial score (nSPS) is 25.1. The fourth-order valence-corrected chi connectivity index (χ4v) is 2.33. The number of carbonyl (C=O) groups is 1. The summed E-state index contributed by atoms with van der Waals surface area (Å²) < 4.78 is 1.62. The van der Waals surface area contributed by atoms with Crippen LogP contribution in [0, 0.1) is 0 Å². The minimum Gasteiger partial charge on any atom is -0.387 e. The van der Waals surface area contributed by atoms with Crippen LogP contribution in [0.2, 0.25) is 0 Å². The second kappa shape index (κ2) is 5.07. The van der Waals surface area contributed by atoms with Gasteiger partial charge in [0, 0.05) is 26.0 Å². The van der Waals surface area contributed by atoms with Crippen LogP contribution in [0.4, 0.5) is 0 Å². The summed E-state index contributed by atoms with van der Waals surface area (Å²) in [5.74, 6) is -0.0426. The Kier molecular flexibility index (Phi) is 3.68. The largest absolute Gasteiger partial charge is 0.387 e. The first kappa shape index (κ1) is 13.0. The summed E-state index contributed by atoms with van der Waals surface area (Å²) in [5.41, 5.74) is -0.797. The lowest BCUT2D eigenvalue weighted by atomic mass is 10.0. The van der Waals surface area contributed by atoms with Crippen molar-refractivity contribution in [2.24, 2.45) is 0 Å². The standard InChI is InChI=1S/C12H20N4O2/c1-10(16-7-3-5-14-16)11(17)15(2)9-12(18)4-6-13-8-12/h3,5,7,10,13,18H,4,6,8-9H2,1-2H3. The summed E-state index contributed by atoms with van der Waals surface area (Å²) in [6, 6.07) is 1.45. The van der Waals surface area contributed by atoms with Crippen LogP contribution in [0.15, 0.2) is 18.5 Å². The summed E-state index contributed by atoms with van der Waals surface area (Å²) >= 11 is 0. The predicted molar refractivity (Wildman–Crippen MR) is 67.0 cm³/mol. The molecular formula is C12H20N4O2. The van der Waals surface area contributed by atoms with Gasteiger partial charge in [-0.2, -0.15) is 5.10 Å². The molecule has 1 fully saturated rings. The highest BCUT2D eigenvalue weighted by molar-refractivity contribution is 5.79. The number of hydrogen-bond acceptors (Lipinski definition) is 4. The number of amides is 1. The minimum absolute atomic E-state index is 0.0426. The number of aliphatic hydroxyl groups is 1. The molecule has 2 atom stereocenters. The van der Waals surface area contributed by atoms with Gasteiger partial charge in [0.1, 0.15) is 6.04 Å². The van der Waals surface area contributed by atoms with Gasteiger partial charge in [0.25, 0.3) is 0 Å². The molecule has 2 N–H and O–H groups in total. The molecule has 2 rings (SSSR count). The third-order valence-electron chi connectivity index (χ3n) is 3.41. The maximum absolute atomic E-state index is 12.2. The zero-order valence-electron chi connectivity index (χ0n) is 10.8. The van der Waals surface area contributed by atoms with Crippen LogP contribution in [0.1, 0.15) is 19.4 Å². The Hall–Kier alpha value is -1.40. The first-order valence-corrected chi connectivity index (χ1v) is 6.19. The second-order valence-corrected chi connectivity index (χ2v) is 5.01. The number of β-amino-alcohol motifs (C(OH)–C–C–N with tert-alkyl or cyclic N) is 1. The molecule has 18 heavy (non-hydrogen) atoms. The molecule has 2 unspecified atom stereocenters. The van der Waals surface area contributed by atoms with Crippen LogP contribution < -0.4 is 5.32 Å². The summed E-state index contributed by atoms with van der Waals surface area (Å²) in [6.45, 7) is 3.50. The van der Waals surface area contributed by atoms with Crippen LogP contribution in [-0.2, 0) is 4.79 Å². The molecule has 6 nitrogen and oxygen atoms in total. The van der Waals surface area contributed by atoms with E-state index in [1.54, 1.807) is 35.1 Å². The number of aromatic nitrogens is 2. The van der Waals surface area contributed by atoms with E-state index in [4.69, 9.17) is 0 Å². The molecule has 1 aliphatic heterocycles. The molecule has 1 saturated heterocycles. The van der Waals surface area contributed by atoms with E-state index in [9.17, 15) is 9.90 Å². The minimum atomic E-state index is -0.797. The lowest BCUT2D eigenvalue weighted by Crippen LogP contribution is -2.46. The fraction of sp³-hybridized carbons (Fsp3) is 0.667. The SMILES string of the molecule is CC(C(=O)N(C)CC1(O)CCNC1)n1cccn1. The maximum Gasteiger partial charge on any atom is 0.246 e. The van der Waals surface area contributed by atoms with Crippen molar-refractivity contribution >= 4 is 5.91 Å². The molecule has 0 bridgehead atoms. The van der Waals surface area contributed by atoms with Crippen molar-refractivity contribution in [3.8, 4) is 0 Å². The molecule has 0 aromatic carbocycles. The van der Waals surface area contributed by atoms with Gasteiger partial charge >= 0.3 is 0 Å². The van der Waals surface area contributed by atoms with E-state index in [0.29, 0.717) is 19.5 Å². The van der Waals surface area contributed by atoms with Gasteiger partial charge in [-0.1, -0.05) is 0 Å². The van der Waals surface area contributed by atoms with E-state index in [1.807, 2.05) is 6.92 Å². The highest BCUT2D eigenvalue weighted by Crippen LogP contribution is 2.17. The lowest BCUT2D eigenvalue weighted by Gasteiger charge is -2.29. The first-order valence-electron chi connectivity index (χ1n) is 6.19. The van der Waals surface area contributed by atoms with Gasteiger partial charge in [-0.05, 0) is 26.0 Å². The molecule has 1 aliphatic rings. The molecule has 0 spiro atoms.